The topological polar surface area (TPSA) is 122 Å². The van der Waals surface area contributed by atoms with Gasteiger partial charge >= 0.3 is 23.9 Å². The molecule has 2 aliphatic rings. The van der Waals surface area contributed by atoms with Crippen LogP contribution in [-0.2, 0) is 33.3 Å². The summed E-state index contributed by atoms with van der Waals surface area (Å²) in [6.45, 7) is 11.5. The molecule has 1 fully saturated rings. The van der Waals surface area contributed by atoms with E-state index >= 15 is 0 Å². The molecule has 47 heavy (non-hydrogen) atoms. The highest BCUT2D eigenvalue weighted by atomic mass is 16.6. The van der Waals surface area contributed by atoms with Crippen molar-refractivity contribution in [1.82, 2.24) is 0 Å². The number of hydrogen-bond acceptors (Lipinski definition) is 9. The van der Waals surface area contributed by atoms with Crippen molar-refractivity contribution >= 4 is 29.7 Å². The lowest BCUT2D eigenvalue weighted by Crippen LogP contribution is -2.55. The number of ketones is 1. The van der Waals surface area contributed by atoms with Crippen molar-refractivity contribution in [1.29, 1.82) is 0 Å². The normalized spacial score (nSPS) is 28.8. The van der Waals surface area contributed by atoms with Crippen LogP contribution in [0.3, 0.4) is 0 Å². The zero-order valence-corrected chi connectivity index (χ0v) is 28.1. The smallest absolute Gasteiger partial charge is 0.338 e. The number of carbonyl (C=O) groups is 5. The SMILES string of the molecule is CC(=O)O[C@@H]1[C@H](C)C=CC(C)(C)C(=O)C[C@@H](OC(=O)c2ccccc2)C(C)=C[C@H]2[C@@H](OC(=O)c3ccccc3)[C@@H](C)C[C@]12OC(C)=O. The van der Waals surface area contributed by atoms with Crippen LogP contribution in [0.1, 0.15) is 82.0 Å². The van der Waals surface area contributed by atoms with Crippen molar-refractivity contribution in [2.75, 3.05) is 0 Å². The van der Waals surface area contributed by atoms with Gasteiger partial charge in [0.25, 0.3) is 0 Å². The second-order valence-corrected chi connectivity index (χ2v) is 13.3. The quantitative estimate of drug-likeness (QED) is 0.198. The van der Waals surface area contributed by atoms with E-state index in [1.807, 2.05) is 13.8 Å². The lowest BCUT2D eigenvalue weighted by atomic mass is 9.75. The van der Waals surface area contributed by atoms with Crippen LogP contribution in [0, 0.1) is 23.2 Å². The largest absolute Gasteiger partial charge is 0.458 e. The van der Waals surface area contributed by atoms with Crippen LogP contribution in [0.25, 0.3) is 0 Å². The van der Waals surface area contributed by atoms with E-state index in [1.165, 1.54) is 13.8 Å². The molecular formula is C38H44O9. The highest BCUT2D eigenvalue weighted by Gasteiger charge is 2.62. The van der Waals surface area contributed by atoms with Gasteiger partial charge in [-0.2, -0.15) is 0 Å². The Morgan fingerprint density at radius 1 is 0.787 bits per heavy atom. The Morgan fingerprint density at radius 3 is 1.87 bits per heavy atom. The minimum Gasteiger partial charge on any atom is -0.458 e. The molecule has 0 N–H and O–H groups in total. The molecule has 0 amide bonds. The summed E-state index contributed by atoms with van der Waals surface area (Å²) in [4.78, 5) is 66.0. The van der Waals surface area contributed by atoms with Crippen molar-refractivity contribution in [3.05, 3.63) is 95.6 Å². The van der Waals surface area contributed by atoms with Crippen molar-refractivity contribution in [3.8, 4) is 0 Å². The molecule has 2 aromatic carbocycles. The highest BCUT2D eigenvalue weighted by molar-refractivity contribution is 5.91. The fourth-order valence-electron chi connectivity index (χ4n) is 6.63. The van der Waals surface area contributed by atoms with E-state index < -0.39 is 65.0 Å². The number of ether oxygens (including phenoxy) is 4. The van der Waals surface area contributed by atoms with Crippen molar-refractivity contribution < 1.29 is 42.9 Å². The molecule has 0 bridgehead atoms. The second kappa shape index (κ2) is 14.5. The minimum atomic E-state index is -1.48. The molecule has 7 atom stereocenters. The minimum absolute atomic E-state index is 0.128. The Bertz CT molecular complexity index is 1540. The van der Waals surface area contributed by atoms with E-state index in [4.69, 9.17) is 18.9 Å². The van der Waals surface area contributed by atoms with Gasteiger partial charge in [0.05, 0.1) is 17.0 Å². The van der Waals surface area contributed by atoms with Crippen molar-refractivity contribution in [3.63, 3.8) is 0 Å². The van der Waals surface area contributed by atoms with Crippen LogP contribution in [0.2, 0.25) is 0 Å². The number of Topliss-reactive ketones (excluding diaryl/α,β-unsaturated/α-hetero) is 1. The van der Waals surface area contributed by atoms with E-state index in [9.17, 15) is 24.0 Å². The van der Waals surface area contributed by atoms with Gasteiger partial charge in [-0.25, -0.2) is 9.59 Å². The van der Waals surface area contributed by atoms with Crippen LogP contribution >= 0.6 is 0 Å². The predicted octanol–water partition coefficient (Wildman–Crippen LogP) is 6.46. The molecule has 2 aromatic rings. The summed E-state index contributed by atoms with van der Waals surface area (Å²) < 4.78 is 24.4. The van der Waals surface area contributed by atoms with Crippen LogP contribution in [0.15, 0.2) is 84.5 Å². The van der Waals surface area contributed by atoms with Crippen LogP contribution in [0.5, 0.6) is 0 Å². The van der Waals surface area contributed by atoms with Gasteiger partial charge in [0.2, 0.25) is 0 Å². The molecule has 0 aliphatic heterocycles. The van der Waals surface area contributed by atoms with Gasteiger partial charge in [0.15, 0.2) is 5.60 Å². The van der Waals surface area contributed by atoms with Crippen molar-refractivity contribution in [2.24, 2.45) is 23.2 Å². The maximum absolute atomic E-state index is 13.8. The zero-order valence-electron chi connectivity index (χ0n) is 28.1. The third-order valence-corrected chi connectivity index (χ3v) is 9.07. The van der Waals surface area contributed by atoms with E-state index in [0.717, 1.165) is 0 Å². The Hall–Kier alpha value is -4.53. The number of hydrogen-bond donors (Lipinski definition) is 0. The fourth-order valence-corrected chi connectivity index (χ4v) is 6.63. The summed E-state index contributed by atoms with van der Waals surface area (Å²) in [6, 6.07) is 17.0. The van der Waals surface area contributed by atoms with Crippen LogP contribution < -0.4 is 0 Å². The van der Waals surface area contributed by atoms with Crippen LogP contribution in [0.4, 0.5) is 0 Å². The maximum Gasteiger partial charge on any atom is 0.338 e. The zero-order chi connectivity index (χ0) is 34.5. The fraction of sp³-hybridized carbons (Fsp3) is 0.447. The first kappa shape index (κ1) is 35.3. The molecule has 4 rings (SSSR count). The van der Waals surface area contributed by atoms with Gasteiger partial charge in [0, 0.05) is 31.6 Å². The summed E-state index contributed by atoms with van der Waals surface area (Å²) in [7, 11) is 0. The molecule has 0 unspecified atom stereocenters. The molecule has 9 heteroatoms. The average Bonchev–Trinajstić information content (AvgIpc) is 3.27. The Morgan fingerprint density at radius 2 is 1.34 bits per heavy atom. The van der Waals surface area contributed by atoms with Gasteiger partial charge < -0.3 is 18.9 Å². The molecule has 250 valence electrons. The number of rotatable bonds is 6. The molecule has 0 radical (unpaired) electrons. The lowest BCUT2D eigenvalue weighted by Gasteiger charge is -2.43. The number of allylic oxidation sites excluding steroid dienone is 1. The van der Waals surface area contributed by atoms with Crippen molar-refractivity contribution in [2.45, 2.75) is 85.2 Å². The number of esters is 4. The summed E-state index contributed by atoms with van der Waals surface area (Å²) in [5, 5.41) is 0. The summed E-state index contributed by atoms with van der Waals surface area (Å²) in [5.41, 5.74) is -1.30. The third kappa shape index (κ3) is 8.07. The summed E-state index contributed by atoms with van der Waals surface area (Å²) in [5.74, 6) is -4.29. The lowest BCUT2D eigenvalue weighted by molar-refractivity contribution is -0.195. The average molecular weight is 645 g/mol. The summed E-state index contributed by atoms with van der Waals surface area (Å²) >= 11 is 0. The van der Waals surface area contributed by atoms with E-state index in [1.54, 1.807) is 99.7 Å². The molecule has 0 heterocycles. The van der Waals surface area contributed by atoms with Gasteiger partial charge in [-0.3, -0.25) is 14.4 Å². The molecular weight excluding hydrogens is 600 g/mol. The monoisotopic (exact) mass is 644 g/mol. The number of fused-ring (bicyclic) bond motifs is 1. The standard InChI is InChI=1S/C38H44O9/c1-23-18-19-37(6,7)32(41)21-31(45-35(42)28-14-10-8-11-15-28)24(2)20-30-33(46-36(43)29-16-12-9-13-17-29)25(3)22-38(30,47-27(5)40)34(23)44-26(4)39/h8-20,23,25,30-31,33-34H,21-22H2,1-7H3/t23-,25+,30+,31-,33+,34-,38-/m1/s1. The van der Waals surface area contributed by atoms with Gasteiger partial charge in [0.1, 0.15) is 24.1 Å². The van der Waals surface area contributed by atoms with Gasteiger partial charge in [-0.1, -0.05) is 68.5 Å². The first-order valence-corrected chi connectivity index (χ1v) is 15.9. The van der Waals surface area contributed by atoms with E-state index in [0.29, 0.717) is 16.7 Å². The molecule has 2 aliphatic carbocycles. The maximum atomic E-state index is 13.8. The third-order valence-electron chi connectivity index (χ3n) is 9.07. The van der Waals surface area contributed by atoms with Crippen LogP contribution in [-0.4, -0.2) is 53.6 Å². The molecule has 1 saturated carbocycles. The molecule has 0 aromatic heterocycles. The Kier molecular flexibility index (Phi) is 10.9. The second-order valence-electron chi connectivity index (χ2n) is 13.3. The molecule has 9 nitrogen and oxygen atoms in total. The predicted molar refractivity (Wildman–Crippen MR) is 174 cm³/mol. The highest BCUT2D eigenvalue weighted by Crippen LogP contribution is 2.51. The molecule has 0 spiro atoms. The van der Waals surface area contributed by atoms with E-state index in [2.05, 4.69) is 0 Å². The Labute approximate surface area is 276 Å². The number of carbonyl (C=O) groups excluding carboxylic acids is 5. The Balaban J connectivity index is 1.92. The molecule has 0 saturated heterocycles. The summed E-state index contributed by atoms with van der Waals surface area (Å²) in [6.07, 6.45) is 2.49. The first-order valence-electron chi connectivity index (χ1n) is 15.9. The first-order chi connectivity index (χ1) is 22.1. The van der Waals surface area contributed by atoms with Gasteiger partial charge in [-0.15, -0.1) is 0 Å². The number of benzene rings is 2. The van der Waals surface area contributed by atoms with Gasteiger partial charge in [-0.05, 0) is 62.9 Å². The van der Waals surface area contributed by atoms with E-state index in [-0.39, 0.29) is 24.5 Å².